The molecular formula is C30H37NO5. The minimum absolute atomic E-state index is 0.101. The van der Waals surface area contributed by atoms with E-state index in [4.69, 9.17) is 20.6 Å². The van der Waals surface area contributed by atoms with Crippen LogP contribution in [-0.4, -0.2) is 50.4 Å². The molecule has 1 aromatic rings. The number of ether oxygens (including phenoxy) is 3. The molecule has 0 saturated carbocycles. The topological polar surface area (TPSA) is 65.1 Å². The van der Waals surface area contributed by atoms with Gasteiger partial charge in [0, 0.05) is 55.0 Å². The summed E-state index contributed by atoms with van der Waals surface area (Å²) in [5, 5.41) is 0. The summed E-state index contributed by atoms with van der Waals surface area (Å²) >= 11 is 0. The molecule has 0 radical (unpaired) electrons. The van der Waals surface area contributed by atoms with Crippen LogP contribution in [0.15, 0.2) is 40.7 Å². The van der Waals surface area contributed by atoms with Gasteiger partial charge in [0.15, 0.2) is 23.1 Å². The Labute approximate surface area is 214 Å². The van der Waals surface area contributed by atoms with Crippen molar-refractivity contribution < 1.29 is 23.8 Å². The maximum Gasteiger partial charge on any atom is 0.162 e. The average molecular weight is 492 g/mol. The summed E-state index contributed by atoms with van der Waals surface area (Å²) in [5.41, 5.74) is 4.04. The summed E-state index contributed by atoms with van der Waals surface area (Å²) in [7, 11) is 3.26. The van der Waals surface area contributed by atoms with Crippen molar-refractivity contribution in [1.82, 2.24) is 4.90 Å². The Hall–Kier alpha value is -3.04. The van der Waals surface area contributed by atoms with Gasteiger partial charge < -0.3 is 19.1 Å². The Bertz CT molecular complexity index is 1130. The Morgan fingerprint density at radius 2 is 1.53 bits per heavy atom. The number of benzene rings is 1. The molecule has 1 aliphatic heterocycles. The zero-order chi connectivity index (χ0) is 26.3. The first-order chi connectivity index (χ1) is 17.0. The lowest BCUT2D eigenvalue weighted by molar-refractivity contribution is -0.119. The fraction of sp³-hybridized carbons (Fsp3) is 0.533. The lowest BCUT2D eigenvalue weighted by atomic mass is 9.63. The molecule has 0 aromatic heterocycles. The summed E-state index contributed by atoms with van der Waals surface area (Å²) in [5.74, 6) is 3.30. The van der Waals surface area contributed by atoms with Gasteiger partial charge in [0.05, 0.1) is 13.7 Å². The molecule has 0 fully saturated rings. The molecule has 3 aliphatic rings. The molecule has 0 atom stereocenters. The number of carbonyl (C=O) groups is 2. The predicted molar refractivity (Wildman–Crippen MR) is 139 cm³/mol. The molecule has 0 spiro atoms. The van der Waals surface area contributed by atoms with E-state index in [1.807, 2.05) is 18.2 Å². The Kier molecular flexibility index (Phi) is 7.07. The fourth-order valence-corrected chi connectivity index (χ4v) is 5.94. The van der Waals surface area contributed by atoms with E-state index >= 15 is 0 Å². The number of ketones is 2. The summed E-state index contributed by atoms with van der Waals surface area (Å²) in [6.45, 7) is 9.79. The van der Waals surface area contributed by atoms with Gasteiger partial charge in [-0.15, -0.1) is 6.42 Å². The van der Waals surface area contributed by atoms with Crippen LogP contribution in [0, 0.1) is 23.2 Å². The van der Waals surface area contributed by atoms with Gasteiger partial charge in [0.25, 0.3) is 0 Å². The van der Waals surface area contributed by atoms with E-state index in [0.29, 0.717) is 37.5 Å². The smallest absolute Gasteiger partial charge is 0.162 e. The van der Waals surface area contributed by atoms with Gasteiger partial charge in [-0.05, 0) is 41.4 Å². The highest BCUT2D eigenvalue weighted by molar-refractivity contribution is 6.06. The molecule has 1 aromatic carbocycles. The third-order valence-corrected chi connectivity index (χ3v) is 7.37. The maximum atomic E-state index is 13.8. The molecule has 0 bridgehead atoms. The number of hydrogen-bond donors (Lipinski definition) is 0. The van der Waals surface area contributed by atoms with E-state index in [9.17, 15) is 9.59 Å². The molecule has 36 heavy (non-hydrogen) atoms. The first-order valence-electron chi connectivity index (χ1n) is 12.5. The van der Waals surface area contributed by atoms with Gasteiger partial charge in [0.2, 0.25) is 0 Å². The van der Waals surface area contributed by atoms with Crippen LogP contribution in [0.5, 0.6) is 11.5 Å². The SMILES string of the molecule is C#CCOc1ccc(C2C3=C(CC(C)(C)CC3=O)N(CCOC)C3=C2C(=O)CC(C)(C)C3)cc1OC. The lowest BCUT2D eigenvalue weighted by Crippen LogP contribution is -2.45. The molecule has 2 aliphatic carbocycles. The minimum atomic E-state index is -0.434. The number of nitrogens with zero attached hydrogens (tertiary/aromatic N) is 1. The van der Waals surface area contributed by atoms with E-state index in [-0.39, 0.29) is 29.0 Å². The molecule has 6 nitrogen and oxygen atoms in total. The number of allylic oxidation sites excluding steroid dienone is 4. The number of terminal acetylenes is 1. The molecule has 0 amide bonds. The number of hydrogen-bond acceptors (Lipinski definition) is 6. The molecular weight excluding hydrogens is 454 g/mol. The summed E-state index contributed by atoms with van der Waals surface area (Å²) in [4.78, 5) is 29.8. The number of rotatable bonds is 7. The van der Waals surface area contributed by atoms with Crippen LogP contribution in [-0.2, 0) is 14.3 Å². The second kappa shape index (κ2) is 9.78. The second-order valence-corrected chi connectivity index (χ2v) is 11.6. The number of carbonyl (C=O) groups excluding carboxylic acids is 2. The van der Waals surface area contributed by atoms with Gasteiger partial charge in [-0.1, -0.05) is 39.7 Å². The van der Waals surface area contributed by atoms with Gasteiger partial charge in [-0.3, -0.25) is 9.59 Å². The largest absolute Gasteiger partial charge is 0.493 e. The molecule has 0 saturated heterocycles. The van der Waals surface area contributed by atoms with Gasteiger partial charge in [-0.25, -0.2) is 0 Å². The van der Waals surface area contributed by atoms with Crippen LogP contribution < -0.4 is 9.47 Å². The zero-order valence-electron chi connectivity index (χ0n) is 22.3. The van der Waals surface area contributed by atoms with Gasteiger partial charge in [-0.2, -0.15) is 0 Å². The van der Waals surface area contributed by atoms with E-state index in [1.54, 1.807) is 14.2 Å². The van der Waals surface area contributed by atoms with Crippen molar-refractivity contribution in [1.29, 1.82) is 0 Å². The molecule has 6 heteroatoms. The van der Waals surface area contributed by atoms with Crippen molar-refractivity contribution in [2.75, 3.05) is 34.0 Å². The third-order valence-electron chi connectivity index (χ3n) is 7.37. The highest BCUT2D eigenvalue weighted by Crippen LogP contribution is 2.54. The van der Waals surface area contributed by atoms with E-state index < -0.39 is 5.92 Å². The van der Waals surface area contributed by atoms with Crippen LogP contribution in [0.25, 0.3) is 0 Å². The molecule has 192 valence electrons. The maximum absolute atomic E-state index is 13.8. The summed E-state index contributed by atoms with van der Waals surface area (Å²) < 4.78 is 16.7. The van der Waals surface area contributed by atoms with Crippen molar-refractivity contribution in [3.63, 3.8) is 0 Å². The number of Topliss-reactive ketones (excluding diaryl/α,β-unsaturated/α-hetero) is 2. The second-order valence-electron chi connectivity index (χ2n) is 11.6. The Morgan fingerprint density at radius 1 is 0.944 bits per heavy atom. The molecule has 1 heterocycles. The lowest BCUT2D eigenvalue weighted by Gasteiger charge is -2.49. The summed E-state index contributed by atoms with van der Waals surface area (Å²) in [6.07, 6.45) is 7.79. The Morgan fingerprint density at radius 3 is 2.03 bits per heavy atom. The molecule has 4 rings (SSSR count). The quantitative estimate of drug-likeness (QED) is 0.498. The first kappa shape index (κ1) is 26.0. The van der Waals surface area contributed by atoms with Crippen molar-refractivity contribution in [3.05, 3.63) is 46.3 Å². The third kappa shape index (κ3) is 4.82. The fourth-order valence-electron chi connectivity index (χ4n) is 5.94. The normalized spacial score (nSPS) is 21.2. The first-order valence-corrected chi connectivity index (χ1v) is 12.5. The van der Waals surface area contributed by atoms with E-state index in [2.05, 4.69) is 38.5 Å². The van der Waals surface area contributed by atoms with Crippen LogP contribution in [0.2, 0.25) is 0 Å². The van der Waals surface area contributed by atoms with Gasteiger partial charge in [0.1, 0.15) is 6.61 Å². The average Bonchev–Trinajstić information content (AvgIpc) is 2.79. The summed E-state index contributed by atoms with van der Waals surface area (Å²) in [6, 6.07) is 5.63. The predicted octanol–water partition coefficient (Wildman–Crippen LogP) is 5.04. The van der Waals surface area contributed by atoms with Gasteiger partial charge >= 0.3 is 0 Å². The van der Waals surface area contributed by atoms with Crippen molar-refractivity contribution in [2.24, 2.45) is 10.8 Å². The van der Waals surface area contributed by atoms with Crippen molar-refractivity contribution in [2.45, 2.75) is 59.3 Å². The van der Waals surface area contributed by atoms with Crippen LogP contribution in [0.4, 0.5) is 0 Å². The minimum Gasteiger partial charge on any atom is -0.493 e. The van der Waals surface area contributed by atoms with E-state index in [1.165, 1.54) is 0 Å². The zero-order valence-corrected chi connectivity index (χ0v) is 22.3. The molecule has 0 N–H and O–H groups in total. The van der Waals surface area contributed by atoms with Crippen LogP contribution in [0.3, 0.4) is 0 Å². The highest BCUT2D eigenvalue weighted by Gasteiger charge is 2.48. The van der Waals surface area contributed by atoms with E-state index in [0.717, 1.165) is 40.9 Å². The monoisotopic (exact) mass is 491 g/mol. The number of methoxy groups -OCH3 is 2. The van der Waals surface area contributed by atoms with Crippen LogP contribution >= 0.6 is 0 Å². The molecule has 0 unspecified atom stereocenters. The highest BCUT2D eigenvalue weighted by atomic mass is 16.5. The van der Waals surface area contributed by atoms with Crippen LogP contribution in [0.1, 0.15) is 64.9 Å². The standard InChI is InChI=1S/C30H37NO5/c1-8-12-36-24-10-9-19(14-25(24)35-7)26-27-20(15-29(2,3)17-22(27)32)31(11-13-34-6)21-16-30(4,5)18-23(33)28(21)26/h1,9-10,14,26H,11-13,15-18H2,2-7H3. The Balaban J connectivity index is 1.95. The van der Waals surface area contributed by atoms with Crippen molar-refractivity contribution in [3.8, 4) is 23.8 Å². The van der Waals surface area contributed by atoms with Crippen molar-refractivity contribution >= 4 is 11.6 Å².